The Balaban J connectivity index is 4.50. The monoisotopic (exact) mass is 298 g/mol. The second-order valence-electron chi connectivity index (χ2n) is 5.95. The third-order valence-electron chi connectivity index (χ3n) is 3.49. The van der Waals surface area contributed by atoms with Gasteiger partial charge in [0.1, 0.15) is 6.54 Å². The summed E-state index contributed by atoms with van der Waals surface area (Å²) in [6, 6.07) is 0.704. The molecule has 2 atom stereocenters. The normalized spacial score (nSPS) is 14.5. The average Bonchev–Trinajstić information content (AvgIpc) is 2.44. The number of nitrogens with one attached hydrogen (secondary N) is 2. The molecule has 0 fully saturated rings. The van der Waals surface area contributed by atoms with Gasteiger partial charge >= 0.3 is 0 Å². The number of amides is 1. The Bertz CT molecular complexity index is 315. The first-order valence-electron chi connectivity index (χ1n) is 8.18. The maximum Gasteiger partial charge on any atom is 0.243 e. The van der Waals surface area contributed by atoms with Gasteiger partial charge in [-0.1, -0.05) is 33.1 Å². The van der Waals surface area contributed by atoms with Crippen LogP contribution in [0, 0.1) is 0 Å². The van der Waals surface area contributed by atoms with Crippen LogP contribution in [0.5, 0.6) is 0 Å². The molecule has 0 spiro atoms. The third-order valence-corrected chi connectivity index (χ3v) is 3.49. The Hall–Kier alpha value is -1.26. The molecule has 2 N–H and O–H groups in total. The molecule has 0 aliphatic rings. The Morgan fingerprint density at radius 3 is 2.24 bits per heavy atom. The van der Waals surface area contributed by atoms with Gasteiger partial charge in [-0.2, -0.15) is 0 Å². The van der Waals surface area contributed by atoms with Crippen molar-refractivity contribution in [2.75, 3.05) is 20.6 Å². The van der Waals surface area contributed by atoms with E-state index in [9.17, 15) is 4.79 Å². The minimum Gasteiger partial charge on any atom is -0.354 e. The zero-order chi connectivity index (χ0) is 16.3. The Morgan fingerprint density at radius 2 is 1.71 bits per heavy atom. The van der Waals surface area contributed by atoms with E-state index < -0.39 is 0 Å². The van der Waals surface area contributed by atoms with Crippen molar-refractivity contribution in [3.63, 3.8) is 0 Å². The molecule has 0 radical (unpaired) electrons. The van der Waals surface area contributed by atoms with E-state index in [0.29, 0.717) is 12.1 Å². The van der Waals surface area contributed by atoms with Gasteiger partial charge in [0.2, 0.25) is 5.91 Å². The van der Waals surface area contributed by atoms with Crippen LogP contribution in [0.25, 0.3) is 0 Å². The van der Waals surface area contributed by atoms with E-state index in [-0.39, 0.29) is 12.5 Å². The topological polar surface area (TPSA) is 56.7 Å². The summed E-state index contributed by atoms with van der Waals surface area (Å²) in [6.07, 6.45) is 5.85. The van der Waals surface area contributed by atoms with Crippen LogP contribution in [0.1, 0.15) is 59.8 Å². The largest absolute Gasteiger partial charge is 0.354 e. The molecular formula is C16H34N4O. The van der Waals surface area contributed by atoms with Crippen LogP contribution in [0.2, 0.25) is 0 Å². The summed E-state index contributed by atoms with van der Waals surface area (Å²) >= 11 is 0. The minimum atomic E-state index is 0.0129. The molecule has 0 aromatic heterocycles. The number of carbonyl (C=O) groups excluding carboxylic acids is 1. The molecule has 2 unspecified atom stereocenters. The van der Waals surface area contributed by atoms with E-state index in [4.69, 9.17) is 0 Å². The number of hydrogen-bond acceptors (Lipinski definition) is 2. The molecule has 0 aromatic rings. The van der Waals surface area contributed by atoms with E-state index in [1.165, 1.54) is 19.3 Å². The highest BCUT2D eigenvalue weighted by Gasteiger charge is 2.09. The molecule has 0 aliphatic heterocycles. The minimum absolute atomic E-state index is 0.0129. The average molecular weight is 298 g/mol. The lowest BCUT2D eigenvalue weighted by molar-refractivity contribution is -0.127. The van der Waals surface area contributed by atoms with Crippen LogP contribution in [-0.2, 0) is 4.79 Å². The van der Waals surface area contributed by atoms with E-state index in [0.717, 1.165) is 18.8 Å². The van der Waals surface area contributed by atoms with Crippen LogP contribution in [0.15, 0.2) is 4.99 Å². The van der Waals surface area contributed by atoms with Gasteiger partial charge in [0, 0.05) is 26.2 Å². The molecule has 124 valence electrons. The SMILES string of the molecule is CCCCCC(C)NC(=NCC(=O)N(C)C)NC(C)CC. The summed E-state index contributed by atoms with van der Waals surface area (Å²) in [6.45, 7) is 8.80. The van der Waals surface area contributed by atoms with Gasteiger partial charge in [-0.15, -0.1) is 0 Å². The molecular weight excluding hydrogens is 264 g/mol. The highest BCUT2D eigenvalue weighted by atomic mass is 16.2. The van der Waals surface area contributed by atoms with Gasteiger partial charge in [0.15, 0.2) is 5.96 Å². The van der Waals surface area contributed by atoms with Gasteiger partial charge < -0.3 is 15.5 Å². The van der Waals surface area contributed by atoms with Gasteiger partial charge in [0.25, 0.3) is 0 Å². The fraction of sp³-hybridized carbons (Fsp3) is 0.875. The van der Waals surface area contributed by atoms with Crippen LogP contribution in [0.4, 0.5) is 0 Å². The van der Waals surface area contributed by atoms with Crippen molar-refractivity contribution in [1.29, 1.82) is 0 Å². The first-order valence-corrected chi connectivity index (χ1v) is 8.18. The number of guanidine groups is 1. The van der Waals surface area contributed by atoms with Gasteiger partial charge in [-0.3, -0.25) is 4.79 Å². The molecule has 0 aromatic carbocycles. The molecule has 0 bridgehead atoms. The number of rotatable bonds is 9. The lowest BCUT2D eigenvalue weighted by atomic mass is 10.1. The molecule has 0 saturated carbocycles. The van der Waals surface area contributed by atoms with Crippen molar-refractivity contribution in [1.82, 2.24) is 15.5 Å². The predicted octanol–water partition coefficient (Wildman–Crippen LogP) is 2.38. The second-order valence-corrected chi connectivity index (χ2v) is 5.95. The molecule has 1 amide bonds. The fourth-order valence-electron chi connectivity index (χ4n) is 1.76. The molecule has 5 nitrogen and oxygen atoms in total. The smallest absolute Gasteiger partial charge is 0.243 e. The molecule has 21 heavy (non-hydrogen) atoms. The zero-order valence-electron chi connectivity index (χ0n) is 14.7. The van der Waals surface area contributed by atoms with Crippen molar-refractivity contribution < 1.29 is 4.79 Å². The first-order chi connectivity index (χ1) is 9.90. The van der Waals surface area contributed by atoms with Crippen molar-refractivity contribution in [2.45, 2.75) is 71.9 Å². The lowest BCUT2D eigenvalue weighted by Crippen LogP contribution is -2.46. The van der Waals surface area contributed by atoms with E-state index in [1.54, 1.807) is 19.0 Å². The van der Waals surface area contributed by atoms with Crippen molar-refractivity contribution >= 4 is 11.9 Å². The first kappa shape index (κ1) is 19.7. The predicted molar refractivity (Wildman–Crippen MR) is 90.6 cm³/mol. The van der Waals surface area contributed by atoms with E-state index in [1.807, 2.05) is 0 Å². The molecule has 0 heterocycles. The number of likely N-dealkylation sites (N-methyl/N-ethyl adjacent to an activating group) is 1. The van der Waals surface area contributed by atoms with Gasteiger partial charge in [-0.25, -0.2) is 4.99 Å². The Morgan fingerprint density at radius 1 is 1.10 bits per heavy atom. The third kappa shape index (κ3) is 10.2. The highest BCUT2D eigenvalue weighted by Crippen LogP contribution is 2.03. The number of unbranched alkanes of at least 4 members (excludes halogenated alkanes) is 2. The van der Waals surface area contributed by atoms with Crippen LogP contribution in [-0.4, -0.2) is 49.5 Å². The summed E-state index contributed by atoms with van der Waals surface area (Å²) in [5.74, 6) is 0.752. The standard InChI is InChI=1S/C16H34N4O/c1-7-9-10-11-14(4)19-16(18-13(3)8-2)17-12-15(21)20(5)6/h13-14H,7-12H2,1-6H3,(H2,17,18,19). The van der Waals surface area contributed by atoms with E-state index in [2.05, 4.69) is 43.3 Å². The van der Waals surface area contributed by atoms with E-state index >= 15 is 0 Å². The van der Waals surface area contributed by atoms with Crippen molar-refractivity contribution in [3.05, 3.63) is 0 Å². The zero-order valence-corrected chi connectivity index (χ0v) is 14.7. The Kier molecular flexibility index (Phi) is 10.7. The molecule has 0 rings (SSSR count). The van der Waals surface area contributed by atoms with Crippen LogP contribution >= 0.6 is 0 Å². The molecule has 0 aliphatic carbocycles. The fourth-order valence-corrected chi connectivity index (χ4v) is 1.76. The number of aliphatic imine (C=N–C) groups is 1. The summed E-state index contributed by atoms with van der Waals surface area (Å²) in [7, 11) is 3.50. The maximum absolute atomic E-state index is 11.7. The number of hydrogen-bond donors (Lipinski definition) is 2. The maximum atomic E-state index is 11.7. The highest BCUT2D eigenvalue weighted by molar-refractivity contribution is 5.85. The molecule has 5 heteroatoms. The number of nitrogens with zero attached hydrogens (tertiary/aromatic N) is 2. The van der Waals surface area contributed by atoms with Gasteiger partial charge in [-0.05, 0) is 26.7 Å². The second kappa shape index (κ2) is 11.4. The summed E-state index contributed by atoms with van der Waals surface area (Å²) in [5, 5.41) is 6.75. The quantitative estimate of drug-likeness (QED) is 0.390. The van der Waals surface area contributed by atoms with Crippen molar-refractivity contribution in [3.8, 4) is 0 Å². The van der Waals surface area contributed by atoms with Crippen molar-refractivity contribution in [2.24, 2.45) is 4.99 Å². The van der Waals surface area contributed by atoms with Crippen LogP contribution in [0.3, 0.4) is 0 Å². The number of carbonyl (C=O) groups is 1. The molecule has 0 saturated heterocycles. The lowest BCUT2D eigenvalue weighted by Gasteiger charge is -2.21. The Labute approximate surface area is 130 Å². The summed E-state index contributed by atoms with van der Waals surface area (Å²) < 4.78 is 0. The summed E-state index contributed by atoms with van der Waals surface area (Å²) in [4.78, 5) is 17.6. The van der Waals surface area contributed by atoms with Gasteiger partial charge in [0.05, 0.1) is 0 Å². The van der Waals surface area contributed by atoms with Crippen LogP contribution < -0.4 is 10.6 Å². The summed E-state index contributed by atoms with van der Waals surface area (Å²) in [5.41, 5.74) is 0.